The highest BCUT2D eigenvalue weighted by Crippen LogP contribution is 2.40. The quantitative estimate of drug-likeness (QED) is 0.602. The average Bonchev–Trinajstić information content (AvgIpc) is 2.83. The van der Waals surface area contributed by atoms with Crippen molar-refractivity contribution in [3.63, 3.8) is 0 Å². The van der Waals surface area contributed by atoms with Crippen LogP contribution < -0.4 is 10.1 Å². The Hall–Kier alpha value is -3.47. The first kappa shape index (κ1) is 25.2. The van der Waals surface area contributed by atoms with Crippen LogP contribution in [0, 0.1) is 12.3 Å². The zero-order valence-electron chi connectivity index (χ0n) is 19.1. The molecular weight excluding hydrogens is 445 g/mol. The van der Waals surface area contributed by atoms with Gasteiger partial charge in [-0.1, -0.05) is 50.1 Å². The first-order valence-electron chi connectivity index (χ1n) is 11.1. The molecule has 1 heterocycles. The molecule has 0 aliphatic carbocycles. The number of benzene rings is 2. The number of methoxy groups -OCH3 is 1. The number of amides is 2. The molecule has 5 nitrogen and oxygen atoms in total. The molecule has 0 saturated carbocycles. The van der Waals surface area contributed by atoms with Gasteiger partial charge in [-0.15, -0.1) is 6.42 Å². The van der Waals surface area contributed by atoms with Crippen molar-refractivity contribution in [2.75, 3.05) is 7.11 Å². The standard InChI is InChI=1S/C26H27F3N2O3/c1-4-6-7-20-14-19-15-21(34-3)12-13-22(19)24(31(20)23(32)5-2)18-10-8-17(9-11-18)16-30-25(33)26(27,28)29/h2,8-13,15,20,24H,4,6-7,14,16H2,1,3H3,(H,30,33)/t20-,24-/m0/s1. The van der Waals surface area contributed by atoms with Gasteiger partial charge >= 0.3 is 12.1 Å². The lowest BCUT2D eigenvalue weighted by Gasteiger charge is -2.43. The number of nitrogens with zero attached hydrogens (tertiary/aromatic N) is 1. The summed E-state index contributed by atoms with van der Waals surface area (Å²) in [6.07, 6.45) is 3.95. The van der Waals surface area contributed by atoms with Crippen molar-refractivity contribution >= 4 is 11.8 Å². The Balaban J connectivity index is 1.98. The summed E-state index contributed by atoms with van der Waals surface area (Å²) in [5, 5.41) is 1.86. The highest BCUT2D eigenvalue weighted by Gasteiger charge is 2.39. The first-order valence-corrected chi connectivity index (χ1v) is 11.1. The topological polar surface area (TPSA) is 58.6 Å². The lowest BCUT2D eigenvalue weighted by Crippen LogP contribution is -2.47. The number of unbranched alkanes of at least 4 members (excludes halogenated alkanes) is 1. The van der Waals surface area contributed by atoms with E-state index in [1.807, 2.05) is 23.5 Å². The van der Waals surface area contributed by atoms with Gasteiger partial charge in [0, 0.05) is 12.6 Å². The summed E-state index contributed by atoms with van der Waals surface area (Å²) in [5.41, 5.74) is 3.27. The number of halogens is 3. The van der Waals surface area contributed by atoms with Crippen LogP contribution in [0.25, 0.3) is 0 Å². The number of rotatable bonds is 7. The van der Waals surface area contributed by atoms with Crippen LogP contribution in [0.3, 0.4) is 0 Å². The van der Waals surface area contributed by atoms with Crippen LogP contribution in [0.1, 0.15) is 54.5 Å². The fourth-order valence-electron chi connectivity index (χ4n) is 4.34. The number of hydrogen-bond acceptors (Lipinski definition) is 3. The van der Waals surface area contributed by atoms with Gasteiger partial charge in [-0.05, 0) is 53.1 Å². The van der Waals surface area contributed by atoms with Crippen molar-refractivity contribution in [2.45, 2.75) is 57.4 Å². The second-order valence-electron chi connectivity index (χ2n) is 8.25. The van der Waals surface area contributed by atoms with Gasteiger partial charge in [-0.3, -0.25) is 9.59 Å². The van der Waals surface area contributed by atoms with E-state index in [0.29, 0.717) is 12.0 Å². The zero-order chi connectivity index (χ0) is 24.9. The van der Waals surface area contributed by atoms with E-state index < -0.39 is 24.0 Å². The molecule has 0 bridgehead atoms. The van der Waals surface area contributed by atoms with Crippen LogP contribution >= 0.6 is 0 Å². The molecule has 1 N–H and O–H groups in total. The van der Waals surface area contributed by atoms with Gasteiger partial charge in [0.05, 0.1) is 13.2 Å². The molecule has 1 aliphatic rings. The Kier molecular flexibility index (Phi) is 7.87. The fourth-order valence-corrected chi connectivity index (χ4v) is 4.34. The van der Waals surface area contributed by atoms with Crippen LogP contribution in [0.5, 0.6) is 5.75 Å². The lowest BCUT2D eigenvalue weighted by atomic mass is 9.82. The molecule has 2 aromatic rings. The minimum atomic E-state index is -4.93. The third-order valence-corrected chi connectivity index (χ3v) is 6.03. The second-order valence-corrected chi connectivity index (χ2v) is 8.25. The molecule has 34 heavy (non-hydrogen) atoms. The van der Waals surface area contributed by atoms with Crippen molar-refractivity contribution in [3.8, 4) is 18.1 Å². The molecule has 0 spiro atoms. The fraction of sp³-hybridized carbons (Fsp3) is 0.385. The SMILES string of the molecule is C#CC(=O)N1[C@@H](CCCC)Cc2cc(OC)ccc2[C@@H]1c1ccc(CNC(=O)C(F)(F)F)cc1. The highest BCUT2D eigenvalue weighted by molar-refractivity contribution is 5.94. The lowest BCUT2D eigenvalue weighted by molar-refractivity contribution is -0.173. The van der Waals surface area contributed by atoms with E-state index in [1.165, 1.54) is 0 Å². The molecule has 180 valence electrons. The third kappa shape index (κ3) is 5.53. The normalized spacial score (nSPS) is 17.5. The molecule has 1 aliphatic heterocycles. The Bertz CT molecular complexity index is 1070. The minimum absolute atomic E-state index is 0.0983. The van der Waals surface area contributed by atoms with Gasteiger partial charge in [0.25, 0.3) is 5.91 Å². The summed E-state index contributed by atoms with van der Waals surface area (Å²) in [6.45, 7) is 1.82. The van der Waals surface area contributed by atoms with Gasteiger partial charge in [-0.2, -0.15) is 13.2 Å². The predicted molar refractivity (Wildman–Crippen MR) is 122 cm³/mol. The van der Waals surface area contributed by atoms with Crippen molar-refractivity contribution in [1.82, 2.24) is 10.2 Å². The summed E-state index contributed by atoms with van der Waals surface area (Å²) in [4.78, 5) is 25.8. The van der Waals surface area contributed by atoms with E-state index in [1.54, 1.807) is 36.3 Å². The predicted octanol–water partition coefficient (Wildman–Crippen LogP) is 4.54. The van der Waals surface area contributed by atoms with Gasteiger partial charge in [0.15, 0.2) is 0 Å². The zero-order valence-corrected chi connectivity index (χ0v) is 19.1. The maximum absolute atomic E-state index is 12.9. The number of ether oxygens (including phenoxy) is 1. The van der Waals surface area contributed by atoms with E-state index in [9.17, 15) is 22.8 Å². The monoisotopic (exact) mass is 472 g/mol. The summed E-state index contributed by atoms with van der Waals surface area (Å²) in [6, 6.07) is 12.0. The molecule has 0 aromatic heterocycles. The second kappa shape index (κ2) is 10.6. The molecule has 0 fully saturated rings. The van der Waals surface area contributed by atoms with Gasteiger partial charge in [0.1, 0.15) is 5.75 Å². The molecule has 0 radical (unpaired) electrons. The van der Waals surface area contributed by atoms with E-state index in [2.05, 4.69) is 12.8 Å². The molecule has 2 atom stereocenters. The number of fused-ring (bicyclic) bond motifs is 1. The molecule has 3 rings (SSSR count). The summed E-state index contributed by atoms with van der Waals surface area (Å²) >= 11 is 0. The number of alkyl halides is 3. The van der Waals surface area contributed by atoms with E-state index >= 15 is 0 Å². The molecule has 8 heteroatoms. The summed E-state index contributed by atoms with van der Waals surface area (Å²) in [7, 11) is 1.60. The molecule has 0 saturated heterocycles. The van der Waals surface area contributed by atoms with Crippen LogP contribution in [-0.4, -0.2) is 36.0 Å². The Labute approximate surface area is 197 Å². The number of terminal acetylenes is 1. The summed E-state index contributed by atoms with van der Waals surface area (Å²) in [5.74, 6) is 0.584. The maximum atomic E-state index is 12.9. The van der Waals surface area contributed by atoms with Gasteiger partial charge < -0.3 is 15.0 Å². The van der Waals surface area contributed by atoms with E-state index in [4.69, 9.17) is 11.2 Å². The van der Waals surface area contributed by atoms with E-state index in [-0.39, 0.29) is 12.6 Å². The van der Waals surface area contributed by atoms with Crippen molar-refractivity contribution in [2.24, 2.45) is 0 Å². The number of carbonyl (C=O) groups excluding carboxylic acids is 2. The molecule has 0 unspecified atom stereocenters. The molecular formula is C26H27F3N2O3. The minimum Gasteiger partial charge on any atom is -0.497 e. The number of carbonyl (C=O) groups is 2. The van der Waals surface area contributed by atoms with Crippen molar-refractivity contribution in [3.05, 3.63) is 64.7 Å². The van der Waals surface area contributed by atoms with Crippen LogP contribution in [0.15, 0.2) is 42.5 Å². The smallest absolute Gasteiger partial charge is 0.471 e. The van der Waals surface area contributed by atoms with Crippen LogP contribution in [0.4, 0.5) is 13.2 Å². The average molecular weight is 473 g/mol. The Morgan fingerprint density at radius 3 is 2.50 bits per heavy atom. The number of nitrogens with one attached hydrogen (secondary N) is 1. The van der Waals surface area contributed by atoms with Gasteiger partial charge in [0.2, 0.25) is 0 Å². The summed E-state index contributed by atoms with van der Waals surface area (Å²) < 4.78 is 42.8. The van der Waals surface area contributed by atoms with E-state index in [0.717, 1.165) is 41.7 Å². The maximum Gasteiger partial charge on any atom is 0.471 e. The largest absolute Gasteiger partial charge is 0.497 e. The Morgan fingerprint density at radius 2 is 1.91 bits per heavy atom. The third-order valence-electron chi connectivity index (χ3n) is 6.03. The van der Waals surface area contributed by atoms with Crippen molar-refractivity contribution in [1.29, 1.82) is 0 Å². The van der Waals surface area contributed by atoms with Crippen LogP contribution in [-0.2, 0) is 22.6 Å². The molecule has 2 amide bonds. The Morgan fingerprint density at radius 1 is 1.21 bits per heavy atom. The van der Waals surface area contributed by atoms with Gasteiger partial charge in [-0.25, -0.2) is 0 Å². The highest BCUT2D eigenvalue weighted by atomic mass is 19.4. The molecule has 2 aromatic carbocycles. The van der Waals surface area contributed by atoms with Crippen molar-refractivity contribution < 1.29 is 27.5 Å². The number of hydrogen-bond donors (Lipinski definition) is 1. The van der Waals surface area contributed by atoms with Crippen LogP contribution in [0.2, 0.25) is 0 Å². The first-order chi connectivity index (χ1) is 16.2.